The molecule has 1 aliphatic rings. The van der Waals surface area contributed by atoms with Gasteiger partial charge in [0.15, 0.2) is 16.8 Å². The van der Waals surface area contributed by atoms with E-state index in [1.54, 1.807) is 0 Å². The molecule has 37 heavy (non-hydrogen) atoms. The third kappa shape index (κ3) is 4.36. The molecule has 13 nitrogen and oxygen atoms in total. The third-order valence-corrected chi connectivity index (χ3v) is 5.97. The van der Waals surface area contributed by atoms with E-state index in [0.717, 1.165) is 6.07 Å². The van der Waals surface area contributed by atoms with Crippen LogP contribution in [0.3, 0.4) is 0 Å². The minimum absolute atomic E-state index is 0.0506. The molecule has 0 radical (unpaired) electrons. The zero-order chi connectivity index (χ0) is 27.0. The maximum atomic E-state index is 13.1. The van der Waals surface area contributed by atoms with Gasteiger partial charge in [0.25, 0.3) is 0 Å². The van der Waals surface area contributed by atoms with Crippen LogP contribution in [-0.4, -0.2) is 89.3 Å². The summed E-state index contributed by atoms with van der Waals surface area (Å²) in [6.45, 7) is -0.675. The number of aliphatic hydroxyl groups is 4. The lowest BCUT2D eigenvalue weighted by molar-refractivity contribution is -0.277. The standard InChI is InChI=1S/C24H26O13/c1-32-21-17(29)15-10(27)7-12(35-20(15)22(33-2)23(21)34-3)14-9(26)5-4-6-11(14)36-24-19(31)18(30)16(28)13(8-25)37-24/h4-7,13,16,18-19,24-26,28-31H,8H2,1-3H3/t13-,16-,18+,19+,24-/m1/s1. The van der Waals surface area contributed by atoms with Crippen molar-refractivity contribution in [2.45, 2.75) is 30.7 Å². The van der Waals surface area contributed by atoms with Crippen LogP contribution in [0.4, 0.5) is 0 Å². The summed E-state index contributed by atoms with van der Waals surface area (Å²) in [5.74, 6) is -1.58. The number of hydrogen-bond donors (Lipinski definition) is 6. The Balaban J connectivity index is 1.88. The van der Waals surface area contributed by atoms with Gasteiger partial charge in [0.05, 0.1) is 27.9 Å². The molecule has 2 heterocycles. The van der Waals surface area contributed by atoms with Crippen LogP contribution in [0.25, 0.3) is 22.3 Å². The first-order valence-electron chi connectivity index (χ1n) is 11.0. The minimum atomic E-state index is -1.73. The van der Waals surface area contributed by atoms with Crippen LogP contribution in [0.1, 0.15) is 0 Å². The zero-order valence-corrected chi connectivity index (χ0v) is 19.9. The molecule has 4 rings (SSSR count). The first-order chi connectivity index (χ1) is 17.7. The molecule has 0 spiro atoms. The second-order valence-electron chi connectivity index (χ2n) is 8.09. The molecule has 1 saturated heterocycles. The van der Waals surface area contributed by atoms with Gasteiger partial charge in [-0.25, -0.2) is 0 Å². The fraction of sp³-hybridized carbons (Fsp3) is 0.375. The molecule has 1 aliphatic heterocycles. The average Bonchev–Trinajstić information content (AvgIpc) is 2.88. The molecule has 3 aromatic rings. The zero-order valence-electron chi connectivity index (χ0n) is 19.9. The lowest BCUT2D eigenvalue weighted by Crippen LogP contribution is -2.60. The second kappa shape index (κ2) is 10.3. The van der Waals surface area contributed by atoms with Crippen molar-refractivity contribution in [3.05, 3.63) is 34.5 Å². The molecule has 1 aromatic heterocycles. The Morgan fingerprint density at radius 1 is 0.919 bits per heavy atom. The summed E-state index contributed by atoms with van der Waals surface area (Å²) in [5.41, 5.74) is -1.09. The van der Waals surface area contributed by atoms with Crippen LogP contribution in [0.15, 0.2) is 33.5 Å². The van der Waals surface area contributed by atoms with E-state index >= 15 is 0 Å². The first kappa shape index (κ1) is 26.3. The molecular formula is C24H26O13. The van der Waals surface area contributed by atoms with Gasteiger partial charge >= 0.3 is 0 Å². The van der Waals surface area contributed by atoms with Crippen LogP contribution in [0.5, 0.6) is 34.5 Å². The highest BCUT2D eigenvalue weighted by Crippen LogP contribution is 2.50. The lowest BCUT2D eigenvalue weighted by atomic mass is 9.99. The molecule has 200 valence electrons. The largest absolute Gasteiger partial charge is 0.507 e. The molecule has 0 aliphatic carbocycles. The van der Waals surface area contributed by atoms with Crippen molar-refractivity contribution < 1.29 is 58.7 Å². The molecular weight excluding hydrogens is 496 g/mol. The van der Waals surface area contributed by atoms with E-state index in [2.05, 4.69) is 0 Å². The van der Waals surface area contributed by atoms with Crippen molar-refractivity contribution in [3.63, 3.8) is 0 Å². The number of rotatable bonds is 7. The number of fused-ring (bicyclic) bond motifs is 1. The monoisotopic (exact) mass is 522 g/mol. The van der Waals surface area contributed by atoms with Gasteiger partial charge in [-0.1, -0.05) is 6.07 Å². The topological polar surface area (TPSA) is 198 Å². The quantitative estimate of drug-likeness (QED) is 0.244. The van der Waals surface area contributed by atoms with E-state index in [1.165, 1.54) is 39.5 Å². The van der Waals surface area contributed by atoms with Gasteiger partial charge in [0, 0.05) is 6.07 Å². The van der Waals surface area contributed by atoms with E-state index in [1.807, 2.05) is 0 Å². The van der Waals surface area contributed by atoms with Gasteiger partial charge in [0.2, 0.25) is 23.5 Å². The van der Waals surface area contributed by atoms with E-state index in [9.17, 15) is 35.4 Å². The number of methoxy groups -OCH3 is 3. The molecule has 5 atom stereocenters. The van der Waals surface area contributed by atoms with Crippen LogP contribution >= 0.6 is 0 Å². The summed E-state index contributed by atoms with van der Waals surface area (Å²) in [6, 6.07) is 5.03. The molecule has 1 fully saturated rings. The van der Waals surface area contributed by atoms with Gasteiger partial charge in [-0.3, -0.25) is 4.79 Å². The van der Waals surface area contributed by atoms with Gasteiger partial charge in [-0.2, -0.15) is 0 Å². The van der Waals surface area contributed by atoms with Gasteiger partial charge < -0.3 is 58.7 Å². The first-order valence-corrected chi connectivity index (χ1v) is 11.0. The Kier molecular flexibility index (Phi) is 7.34. The minimum Gasteiger partial charge on any atom is -0.507 e. The molecule has 0 unspecified atom stereocenters. The van der Waals surface area contributed by atoms with E-state index in [-0.39, 0.29) is 45.3 Å². The van der Waals surface area contributed by atoms with Crippen molar-refractivity contribution in [1.29, 1.82) is 0 Å². The van der Waals surface area contributed by atoms with Gasteiger partial charge in [0.1, 0.15) is 52.6 Å². The fourth-order valence-electron chi connectivity index (χ4n) is 4.14. The highest BCUT2D eigenvalue weighted by Gasteiger charge is 2.45. The number of ether oxygens (including phenoxy) is 5. The van der Waals surface area contributed by atoms with Crippen molar-refractivity contribution in [2.75, 3.05) is 27.9 Å². The van der Waals surface area contributed by atoms with Gasteiger partial charge in [-0.05, 0) is 12.1 Å². The van der Waals surface area contributed by atoms with E-state index in [4.69, 9.17) is 28.1 Å². The van der Waals surface area contributed by atoms with Crippen LogP contribution in [-0.2, 0) is 4.74 Å². The van der Waals surface area contributed by atoms with Crippen molar-refractivity contribution in [2.24, 2.45) is 0 Å². The highest BCUT2D eigenvalue weighted by molar-refractivity contribution is 5.95. The Labute approximate surface area is 209 Å². The lowest BCUT2D eigenvalue weighted by Gasteiger charge is -2.39. The normalized spacial score (nSPS) is 23.6. The van der Waals surface area contributed by atoms with Crippen LogP contribution in [0.2, 0.25) is 0 Å². The van der Waals surface area contributed by atoms with E-state index in [0.29, 0.717) is 0 Å². The molecule has 6 N–H and O–H groups in total. The van der Waals surface area contributed by atoms with Crippen molar-refractivity contribution in [1.82, 2.24) is 0 Å². The Hall–Kier alpha value is -3.75. The number of benzene rings is 2. The summed E-state index contributed by atoms with van der Waals surface area (Å²) in [5, 5.41) is 60.9. The Morgan fingerprint density at radius 2 is 1.59 bits per heavy atom. The number of phenols is 2. The number of phenolic OH excluding ortho intramolecular Hbond substituents is 2. The molecule has 2 aromatic carbocycles. The van der Waals surface area contributed by atoms with Gasteiger partial charge in [-0.15, -0.1) is 0 Å². The average molecular weight is 522 g/mol. The van der Waals surface area contributed by atoms with Crippen LogP contribution in [0, 0.1) is 0 Å². The molecule has 0 amide bonds. The van der Waals surface area contributed by atoms with Crippen LogP contribution < -0.4 is 24.4 Å². The van der Waals surface area contributed by atoms with E-state index < -0.39 is 54.2 Å². The summed E-state index contributed by atoms with van der Waals surface area (Å²) in [6.07, 6.45) is -7.85. The molecule has 0 bridgehead atoms. The maximum Gasteiger partial charge on any atom is 0.229 e. The summed E-state index contributed by atoms with van der Waals surface area (Å²) in [7, 11) is 3.85. The Bertz CT molecular complexity index is 1350. The van der Waals surface area contributed by atoms with Crippen molar-refractivity contribution in [3.8, 4) is 45.8 Å². The maximum absolute atomic E-state index is 13.1. The molecule has 0 saturated carbocycles. The number of aromatic hydroxyl groups is 2. The summed E-state index contributed by atoms with van der Waals surface area (Å²) < 4.78 is 32.8. The number of aliphatic hydroxyl groups excluding tert-OH is 4. The summed E-state index contributed by atoms with van der Waals surface area (Å²) in [4.78, 5) is 13.1. The highest BCUT2D eigenvalue weighted by atomic mass is 16.7. The SMILES string of the molecule is COc1c(OC)c(O)c2c(=O)cc(-c3c(O)cccc3O[C@@H]3O[C@H](CO)[C@@H](O)[C@H](O)[C@@H]3O)oc2c1OC. The third-order valence-electron chi connectivity index (χ3n) is 5.97. The second-order valence-corrected chi connectivity index (χ2v) is 8.09. The smallest absolute Gasteiger partial charge is 0.229 e. The predicted octanol–water partition coefficient (Wildman–Crippen LogP) is 0.0757. The molecule has 13 heteroatoms. The number of hydrogen-bond acceptors (Lipinski definition) is 13. The Morgan fingerprint density at radius 3 is 2.22 bits per heavy atom. The predicted molar refractivity (Wildman–Crippen MR) is 125 cm³/mol. The fourth-order valence-corrected chi connectivity index (χ4v) is 4.14. The van der Waals surface area contributed by atoms with Crippen molar-refractivity contribution >= 4 is 11.0 Å². The summed E-state index contributed by atoms with van der Waals surface area (Å²) >= 11 is 0.